The van der Waals surface area contributed by atoms with E-state index in [-0.39, 0.29) is 24.2 Å². The highest BCUT2D eigenvalue weighted by atomic mass is 79.9. The number of nitrogens with zero attached hydrogens (tertiary/aromatic N) is 3. The molecule has 2 N–H and O–H groups in total. The van der Waals surface area contributed by atoms with E-state index in [0.29, 0.717) is 49.2 Å². The summed E-state index contributed by atoms with van der Waals surface area (Å²) in [5, 5.41) is 19.7. The number of carbonyl (C=O) groups is 2. The summed E-state index contributed by atoms with van der Waals surface area (Å²) >= 11 is 3.33. The van der Waals surface area contributed by atoms with E-state index in [1.165, 1.54) is 0 Å². The minimum Gasteiger partial charge on any atom is -0.507 e. The van der Waals surface area contributed by atoms with Crippen molar-refractivity contribution in [2.45, 2.75) is 63.7 Å². The Morgan fingerprint density at radius 1 is 1.06 bits per heavy atom. The molecule has 34 heavy (non-hydrogen) atoms. The Labute approximate surface area is 210 Å². The Morgan fingerprint density at radius 3 is 2.35 bits per heavy atom. The minimum absolute atomic E-state index is 0.125. The third kappa shape index (κ3) is 6.23. The van der Waals surface area contributed by atoms with Gasteiger partial charge in [0.1, 0.15) is 5.75 Å². The van der Waals surface area contributed by atoms with Crippen LogP contribution in [-0.2, 0) is 16.0 Å². The van der Waals surface area contributed by atoms with E-state index in [9.17, 15) is 19.8 Å². The number of aliphatic hydroxyl groups is 1. The number of phenolic OH excluding ortho intramolecular Hbond substituents is 1. The monoisotopic (exact) mass is 537 g/mol. The Bertz CT molecular complexity index is 868. The molecule has 0 radical (unpaired) electrons. The number of piperidine rings is 2. The second-order valence-electron chi connectivity index (χ2n) is 10.0. The molecule has 3 aliphatic heterocycles. The van der Waals surface area contributed by atoms with Gasteiger partial charge < -0.3 is 24.7 Å². The summed E-state index contributed by atoms with van der Waals surface area (Å²) in [4.78, 5) is 32.3. The van der Waals surface area contributed by atoms with Crippen molar-refractivity contribution in [3.63, 3.8) is 0 Å². The van der Waals surface area contributed by atoms with Gasteiger partial charge in [0.05, 0.1) is 10.6 Å². The maximum Gasteiger partial charge on any atom is 0.410 e. The Hall–Kier alpha value is -1.84. The second kappa shape index (κ2) is 11.3. The van der Waals surface area contributed by atoms with Crippen LogP contribution in [0.2, 0.25) is 0 Å². The van der Waals surface area contributed by atoms with Crippen LogP contribution in [0.3, 0.4) is 0 Å². The van der Waals surface area contributed by atoms with Crippen molar-refractivity contribution in [2.75, 3.05) is 39.3 Å². The zero-order chi connectivity index (χ0) is 24.2. The predicted molar refractivity (Wildman–Crippen MR) is 132 cm³/mol. The molecule has 2 atom stereocenters. The van der Waals surface area contributed by atoms with E-state index in [1.807, 2.05) is 4.90 Å². The first-order valence-electron chi connectivity index (χ1n) is 12.4. The molecule has 0 unspecified atom stereocenters. The molecule has 2 amide bonds. The van der Waals surface area contributed by atoms with Crippen LogP contribution in [0.15, 0.2) is 22.7 Å². The number of aromatic hydroxyl groups is 1. The van der Waals surface area contributed by atoms with Gasteiger partial charge in [-0.1, -0.05) is 13.0 Å². The topological polar surface area (TPSA) is 93.5 Å². The molecule has 3 fully saturated rings. The fraction of sp³-hybridized carbons (Fsp3) is 0.680. The summed E-state index contributed by atoms with van der Waals surface area (Å²) in [6.07, 6.45) is 3.08. The molecule has 4 rings (SSSR count). The Balaban J connectivity index is 1.41. The fourth-order valence-corrected chi connectivity index (χ4v) is 5.64. The molecule has 188 valence electrons. The molecule has 1 aromatic carbocycles. The first-order chi connectivity index (χ1) is 16.3. The van der Waals surface area contributed by atoms with E-state index in [2.05, 4.69) is 27.8 Å². The molecule has 0 spiro atoms. The van der Waals surface area contributed by atoms with E-state index in [0.717, 1.165) is 44.2 Å². The standard InChI is InChI=1S/C25H36BrN3O5/c1-17-4-9-28(10-5-17)25(33)34-23(15-18-2-3-22(31)21(26)14-18)24(32)27-11-6-19(7-12-27)29-13-8-20(30)16-29/h2-3,14,17,19-20,23,30-31H,4-13,15-16H2,1H3/t20-,23-/m1/s1. The lowest BCUT2D eigenvalue weighted by Crippen LogP contribution is -2.51. The van der Waals surface area contributed by atoms with Gasteiger partial charge in [0.15, 0.2) is 6.10 Å². The maximum absolute atomic E-state index is 13.5. The lowest BCUT2D eigenvalue weighted by Gasteiger charge is -2.38. The molecular weight excluding hydrogens is 502 g/mol. The number of carbonyl (C=O) groups excluding carboxylic acids is 2. The normalized spacial score (nSPS) is 23.8. The number of ether oxygens (including phenoxy) is 1. The van der Waals surface area contributed by atoms with Crippen LogP contribution in [0, 0.1) is 5.92 Å². The molecule has 3 aliphatic rings. The molecule has 0 aromatic heterocycles. The van der Waals surface area contributed by atoms with Crippen LogP contribution in [-0.4, -0.2) is 94.4 Å². The Kier molecular flexibility index (Phi) is 8.37. The molecule has 1 aromatic rings. The largest absolute Gasteiger partial charge is 0.507 e. The van der Waals surface area contributed by atoms with Crippen LogP contribution in [0.25, 0.3) is 0 Å². The lowest BCUT2D eigenvalue weighted by atomic mass is 10.00. The Morgan fingerprint density at radius 2 is 1.74 bits per heavy atom. The van der Waals surface area contributed by atoms with Gasteiger partial charge in [-0.05, 0) is 71.6 Å². The molecule has 0 aliphatic carbocycles. The van der Waals surface area contributed by atoms with Crippen molar-refractivity contribution < 1.29 is 24.5 Å². The van der Waals surface area contributed by atoms with Crippen molar-refractivity contribution in [1.29, 1.82) is 0 Å². The zero-order valence-electron chi connectivity index (χ0n) is 19.9. The van der Waals surface area contributed by atoms with Crippen LogP contribution >= 0.6 is 15.9 Å². The van der Waals surface area contributed by atoms with Gasteiger partial charge in [0.2, 0.25) is 0 Å². The summed E-state index contributed by atoms with van der Waals surface area (Å²) in [6.45, 7) is 6.34. The van der Waals surface area contributed by atoms with Crippen LogP contribution < -0.4 is 0 Å². The van der Waals surface area contributed by atoms with Gasteiger partial charge in [0, 0.05) is 51.7 Å². The molecule has 0 saturated carbocycles. The third-order valence-electron chi connectivity index (χ3n) is 7.48. The molecule has 3 saturated heterocycles. The maximum atomic E-state index is 13.5. The summed E-state index contributed by atoms with van der Waals surface area (Å²) in [5.74, 6) is 0.553. The van der Waals surface area contributed by atoms with Crippen LogP contribution in [0.5, 0.6) is 5.75 Å². The summed E-state index contributed by atoms with van der Waals surface area (Å²) in [7, 11) is 0. The number of phenols is 1. The third-order valence-corrected chi connectivity index (χ3v) is 8.12. The van der Waals surface area contributed by atoms with Crippen LogP contribution in [0.4, 0.5) is 4.79 Å². The average Bonchev–Trinajstić information content (AvgIpc) is 3.27. The number of halogens is 1. The van der Waals surface area contributed by atoms with Gasteiger partial charge in [-0.15, -0.1) is 0 Å². The quantitative estimate of drug-likeness (QED) is 0.599. The van der Waals surface area contributed by atoms with Crippen molar-refractivity contribution in [2.24, 2.45) is 5.92 Å². The number of aliphatic hydroxyl groups excluding tert-OH is 1. The number of amides is 2. The lowest BCUT2D eigenvalue weighted by molar-refractivity contribution is -0.142. The highest BCUT2D eigenvalue weighted by molar-refractivity contribution is 9.10. The van der Waals surface area contributed by atoms with Crippen molar-refractivity contribution in [1.82, 2.24) is 14.7 Å². The predicted octanol–water partition coefficient (Wildman–Crippen LogP) is 2.99. The number of β-amino-alcohol motifs (C(OH)–C–C–N with tert-alkyl or cyclic N) is 1. The summed E-state index contributed by atoms with van der Waals surface area (Å²) in [6, 6.07) is 5.47. The fourth-order valence-electron chi connectivity index (χ4n) is 5.21. The van der Waals surface area contributed by atoms with Gasteiger partial charge in [-0.3, -0.25) is 9.69 Å². The minimum atomic E-state index is -0.909. The highest BCUT2D eigenvalue weighted by Gasteiger charge is 2.35. The first-order valence-corrected chi connectivity index (χ1v) is 13.2. The zero-order valence-corrected chi connectivity index (χ0v) is 21.5. The van der Waals surface area contributed by atoms with E-state index < -0.39 is 12.2 Å². The molecule has 8 nitrogen and oxygen atoms in total. The molecular formula is C25H36BrN3O5. The highest BCUT2D eigenvalue weighted by Crippen LogP contribution is 2.27. The van der Waals surface area contributed by atoms with Crippen LogP contribution in [0.1, 0.15) is 44.6 Å². The average molecular weight is 538 g/mol. The second-order valence-corrected chi connectivity index (χ2v) is 10.9. The van der Waals surface area contributed by atoms with Gasteiger partial charge in [0.25, 0.3) is 5.91 Å². The molecule has 9 heteroatoms. The van der Waals surface area contributed by atoms with E-state index in [4.69, 9.17) is 4.74 Å². The van der Waals surface area contributed by atoms with E-state index in [1.54, 1.807) is 23.1 Å². The van der Waals surface area contributed by atoms with Crippen molar-refractivity contribution in [3.8, 4) is 5.75 Å². The van der Waals surface area contributed by atoms with Crippen molar-refractivity contribution in [3.05, 3.63) is 28.2 Å². The van der Waals surface area contributed by atoms with Gasteiger partial charge in [-0.2, -0.15) is 0 Å². The number of likely N-dealkylation sites (tertiary alicyclic amines) is 3. The molecule has 3 heterocycles. The van der Waals surface area contributed by atoms with Crippen molar-refractivity contribution >= 4 is 27.9 Å². The summed E-state index contributed by atoms with van der Waals surface area (Å²) < 4.78 is 6.37. The number of benzene rings is 1. The smallest absolute Gasteiger partial charge is 0.410 e. The molecule has 0 bridgehead atoms. The van der Waals surface area contributed by atoms with Gasteiger partial charge in [-0.25, -0.2) is 4.79 Å². The first kappa shape index (κ1) is 25.3. The SMILES string of the molecule is CC1CCN(C(=O)O[C@H](Cc2ccc(O)c(Br)c2)C(=O)N2CCC(N3CC[C@@H](O)C3)CC2)CC1. The van der Waals surface area contributed by atoms with Gasteiger partial charge >= 0.3 is 6.09 Å². The van der Waals surface area contributed by atoms with E-state index >= 15 is 0 Å². The number of hydrogen-bond acceptors (Lipinski definition) is 6. The summed E-state index contributed by atoms with van der Waals surface area (Å²) in [5.41, 5.74) is 0.809. The number of rotatable bonds is 5. The number of hydrogen-bond donors (Lipinski definition) is 2.